The average Bonchev–Trinajstić information content (AvgIpc) is 2.33. The molecule has 0 saturated heterocycles. The molecule has 2 atom stereocenters. The van der Waals surface area contributed by atoms with Gasteiger partial charge in [0.05, 0.1) is 0 Å². The van der Waals surface area contributed by atoms with Crippen LogP contribution < -0.4 is 0 Å². The molecule has 0 amide bonds. The lowest BCUT2D eigenvalue weighted by atomic mass is 9.48. The van der Waals surface area contributed by atoms with E-state index in [0.29, 0.717) is 12.1 Å². The number of alkyl halides is 4. The third-order valence-electron chi connectivity index (χ3n) is 2.85. The van der Waals surface area contributed by atoms with Gasteiger partial charge in [0.2, 0.25) is 5.57 Å². The second-order valence-corrected chi connectivity index (χ2v) is 3.89. The molecule has 2 unspecified atom stereocenters. The second kappa shape index (κ2) is 3.86. The molecule has 6 heteroatoms. The molecule has 1 aromatic rings. The van der Waals surface area contributed by atoms with E-state index in [0.717, 1.165) is 12.1 Å². The van der Waals surface area contributed by atoms with Crippen LogP contribution in [0.15, 0.2) is 42.4 Å². The number of allylic oxidation sites excluding steroid dienone is 1. The van der Waals surface area contributed by atoms with Crippen LogP contribution in [0.5, 0.6) is 0 Å². The summed E-state index contributed by atoms with van der Waals surface area (Å²) in [4.78, 5) is 0. The van der Waals surface area contributed by atoms with Crippen molar-refractivity contribution >= 4 is 6.99 Å². The van der Waals surface area contributed by atoms with E-state index >= 15 is 0 Å². The molecule has 0 radical (unpaired) electrons. The first-order valence-corrected chi connectivity index (χ1v) is 4.99. The van der Waals surface area contributed by atoms with Gasteiger partial charge in [-0.1, -0.05) is 42.4 Å². The van der Waals surface area contributed by atoms with Gasteiger partial charge in [0, 0.05) is 0 Å². The number of hydrogen-bond acceptors (Lipinski definition) is 0. The van der Waals surface area contributed by atoms with Gasteiger partial charge in [-0.2, -0.15) is 8.78 Å². The van der Waals surface area contributed by atoms with Gasteiger partial charge in [0.15, 0.2) is 6.17 Å². The molecule has 0 aliphatic carbocycles. The first kappa shape index (κ1) is 12.1. The molecule has 1 aromatic carbocycles. The molecular weight excluding hydrogens is 238 g/mol. The van der Waals surface area contributed by atoms with E-state index in [1.165, 1.54) is 18.2 Å². The average molecular weight is 246 g/mol. The molecule has 1 heterocycles. The maximum absolute atomic E-state index is 14.3. The van der Waals surface area contributed by atoms with Gasteiger partial charge in [-0.15, -0.1) is 0 Å². The summed E-state index contributed by atoms with van der Waals surface area (Å²) in [6.07, 6.45) is -2.48. The Morgan fingerprint density at radius 3 is 2.24 bits per heavy atom. The van der Waals surface area contributed by atoms with Gasteiger partial charge >= 0.3 is 12.9 Å². The summed E-state index contributed by atoms with van der Waals surface area (Å²) in [6.45, 7) is -2.58. The molecule has 0 aromatic heterocycles. The fourth-order valence-corrected chi connectivity index (χ4v) is 1.87. The summed E-state index contributed by atoms with van der Waals surface area (Å²) in [5, 5.41) is 0. The van der Waals surface area contributed by atoms with Crippen LogP contribution in [0.1, 0.15) is 5.56 Å². The molecule has 0 N–H and O–H groups in total. The Hall–Kier alpha value is -1.33. The van der Waals surface area contributed by atoms with Gasteiger partial charge in [-0.05, 0) is 5.56 Å². The maximum Gasteiger partial charge on any atom is 0.423 e. The smallest absolute Gasteiger partial charge is 0.325 e. The van der Waals surface area contributed by atoms with Crippen molar-refractivity contribution in [3.8, 4) is 0 Å². The first-order valence-electron chi connectivity index (χ1n) is 4.99. The first-order chi connectivity index (χ1) is 7.90. The van der Waals surface area contributed by atoms with Gasteiger partial charge in [0.1, 0.15) is 0 Å². The fraction of sp³-hybridized carbons (Fsp3) is 0.273. The summed E-state index contributed by atoms with van der Waals surface area (Å²) in [5.41, 5.74) is -4.23. The normalized spacial score (nSPS) is 31.6. The molecule has 0 bridgehead atoms. The molecule has 0 nitrogen and oxygen atoms in total. The minimum Gasteiger partial charge on any atom is -0.325 e. The van der Waals surface area contributed by atoms with Crippen molar-refractivity contribution in [3.63, 3.8) is 0 Å². The Morgan fingerprint density at radius 1 is 1.06 bits per heavy atom. The highest BCUT2D eigenvalue weighted by molar-refractivity contribution is 6.60. The molecule has 0 fully saturated rings. The van der Waals surface area contributed by atoms with Crippen LogP contribution in [-0.4, -0.2) is 19.1 Å². The lowest BCUT2D eigenvalue weighted by Crippen LogP contribution is -2.57. The molecule has 1 aliphatic heterocycles. The summed E-state index contributed by atoms with van der Waals surface area (Å²) < 4.78 is 67.9. The minimum absolute atomic E-state index is 0.353. The van der Waals surface area contributed by atoms with Gasteiger partial charge < -0.3 is 4.32 Å². The second-order valence-electron chi connectivity index (χ2n) is 3.89. The zero-order valence-corrected chi connectivity index (χ0v) is 8.59. The van der Waals surface area contributed by atoms with Crippen molar-refractivity contribution in [1.82, 2.24) is 0 Å². The standard InChI is InChI=1S/C11H8BF5/c13-9-6-7-12(17)10(14,11(9,15)16)8-4-2-1-3-5-8/h1-7,9H. The number of rotatable bonds is 1. The Bertz CT molecular complexity index is 433. The highest BCUT2D eigenvalue weighted by atomic mass is 19.3. The molecule has 0 saturated carbocycles. The van der Waals surface area contributed by atoms with E-state index in [1.807, 2.05) is 0 Å². The quantitative estimate of drug-likeness (QED) is 0.526. The van der Waals surface area contributed by atoms with Crippen molar-refractivity contribution in [2.24, 2.45) is 0 Å². The Labute approximate surface area is 95.3 Å². The lowest BCUT2D eigenvalue weighted by Gasteiger charge is -2.37. The molecule has 0 spiro atoms. The van der Waals surface area contributed by atoms with Crippen LogP contribution in [0, 0.1) is 0 Å². The Kier molecular flexibility index (Phi) is 2.75. The molecule has 2 rings (SSSR count). The van der Waals surface area contributed by atoms with Crippen LogP contribution in [-0.2, 0) is 5.57 Å². The predicted molar refractivity (Wildman–Crippen MR) is 55.1 cm³/mol. The highest BCUT2D eigenvalue weighted by Gasteiger charge is 2.68. The topological polar surface area (TPSA) is 0 Å². The van der Waals surface area contributed by atoms with E-state index in [4.69, 9.17) is 0 Å². The van der Waals surface area contributed by atoms with Crippen LogP contribution >= 0.6 is 0 Å². The number of benzene rings is 1. The summed E-state index contributed by atoms with van der Waals surface area (Å²) in [6, 6.07) is 6.11. The van der Waals surface area contributed by atoms with Crippen LogP contribution in [0.25, 0.3) is 0 Å². The van der Waals surface area contributed by atoms with E-state index in [-0.39, 0.29) is 0 Å². The SMILES string of the molecule is FB1C=CC(F)C(F)(F)C1(F)c1ccccc1. The van der Waals surface area contributed by atoms with E-state index in [2.05, 4.69) is 0 Å². The third-order valence-corrected chi connectivity index (χ3v) is 2.85. The fourth-order valence-electron chi connectivity index (χ4n) is 1.87. The van der Waals surface area contributed by atoms with Crippen LogP contribution in [0.4, 0.5) is 21.9 Å². The van der Waals surface area contributed by atoms with Crippen molar-refractivity contribution < 1.29 is 21.9 Å². The minimum atomic E-state index is -4.43. The van der Waals surface area contributed by atoms with E-state index in [9.17, 15) is 21.9 Å². The van der Waals surface area contributed by atoms with Crippen LogP contribution in [0.3, 0.4) is 0 Å². The maximum atomic E-state index is 14.3. The van der Waals surface area contributed by atoms with Crippen molar-refractivity contribution in [3.05, 3.63) is 47.9 Å². The lowest BCUT2D eigenvalue weighted by molar-refractivity contribution is -0.143. The van der Waals surface area contributed by atoms with Gasteiger partial charge in [-0.3, -0.25) is 0 Å². The zero-order valence-electron chi connectivity index (χ0n) is 8.59. The molecule has 1 aliphatic rings. The third kappa shape index (κ3) is 1.58. The Morgan fingerprint density at radius 2 is 1.65 bits per heavy atom. The van der Waals surface area contributed by atoms with E-state index < -0.39 is 30.2 Å². The molecule has 90 valence electrons. The summed E-state index contributed by atoms with van der Waals surface area (Å²) in [7, 11) is 0. The number of halogens is 5. The largest absolute Gasteiger partial charge is 0.423 e. The summed E-state index contributed by atoms with van der Waals surface area (Å²) in [5.74, 6) is -3.93. The van der Waals surface area contributed by atoms with Crippen LogP contribution in [0.2, 0.25) is 0 Å². The zero-order chi connectivity index (χ0) is 12.7. The summed E-state index contributed by atoms with van der Waals surface area (Å²) >= 11 is 0. The molecule has 17 heavy (non-hydrogen) atoms. The van der Waals surface area contributed by atoms with Gasteiger partial charge in [0.25, 0.3) is 0 Å². The van der Waals surface area contributed by atoms with Crippen molar-refractivity contribution in [2.45, 2.75) is 17.7 Å². The number of hydrogen-bond donors (Lipinski definition) is 0. The van der Waals surface area contributed by atoms with Crippen molar-refractivity contribution in [2.75, 3.05) is 0 Å². The van der Waals surface area contributed by atoms with Crippen molar-refractivity contribution in [1.29, 1.82) is 0 Å². The Balaban J connectivity index is 2.58. The predicted octanol–water partition coefficient (Wildman–Crippen LogP) is 3.43. The van der Waals surface area contributed by atoms with E-state index in [1.54, 1.807) is 0 Å². The molecular formula is C11H8BF5. The highest BCUT2D eigenvalue weighted by Crippen LogP contribution is 2.49. The van der Waals surface area contributed by atoms with Gasteiger partial charge in [-0.25, -0.2) is 8.78 Å². The monoisotopic (exact) mass is 246 g/mol.